The summed E-state index contributed by atoms with van der Waals surface area (Å²) >= 11 is 0. The quantitative estimate of drug-likeness (QED) is 0.561. The number of benzene rings is 1. The molecule has 3 amide bonds. The molecular weight excluding hydrogens is 366 g/mol. The first-order valence-electron chi connectivity index (χ1n) is 9.12. The number of amides is 3. The number of halogens is 1. The number of carbonyl (C=O) groups is 3. The summed E-state index contributed by atoms with van der Waals surface area (Å²) in [7, 11) is 0. The Hall–Kier alpha value is -2.36. The Bertz CT molecular complexity index is 837. The van der Waals surface area contributed by atoms with Crippen LogP contribution in [-0.4, -0.2) is 41.8 Å². The smallest absolute Gasteiger partial charge is 0.255 e. The fraction of sp³-hybridized carbons (Fsp3) is 0.450. The molecule has 0 spiro atoms. The third-order valence-electron chi connectivity index (χ3n) is 5.33. The third-order valence-corrected chi connectivity index (χ3v) is 5.33. The van der Waals surface area contributed by atoms with Crippen molar-refractivity contribution in [2.45, 2.75) is 38.3 Å². The molecule has 0 aromatic heterocycles. The lowest BCUT2D eigenvalue weighted by Crippen LogP contribution is -2.52. The number of carbonyl (C=O) groups excluding carboxylic acids is 3. The van der Waals surface area contributed by atoms with E-state index in [0.717, 1.165) is 37.1 Å². The number of imide groups is 1. The first-order valence-corrected chi connectivity index (χ1v) is 9.12. The van der Waals surface area contributed by atoms with E-state index in [1.807, 2.05) is 12.1 Å². The van der Waals surface area contributed by atoms with Gasteiger partial charge >= 0.3 is 0 Å². The third kappa shape index (κ3) is 3.85. The zero-order valence-electron chi connectivity index (χ0n) is 14.9. The molecule has 0 radical (unpaired) electrons. The lowest BCUT2D eigenvalue weighted by atomic mass is 9.97. The minimum atomic E-state index is -0.585. The SMILES string of the molecule is Cl.O=C1CCC(N2Cc3c(C#CC4CCNCC4)cccc3C2=O)C(=O)N1. The van der Waals surface area contributed by atoms with Gasteiger partial charge in [-0.3, -0.25) is 19.7 Å². The largest absolute Gasteiger partial charge is 0.322 e. The van der Waals surface area contributed by atoms with Gasteiger partial charge in [0.2, 0.25) is 11.8 Å². The summed E-state index contributed by atoms with van der Waals surface area (Å²) in [5, 5.41) is 5.66. The van der Waals surface area contributed by atoms with Crippen molar-refractivity contribution in [2.24, 2.45) is 5.92 Å². The van der Waals surface area contributed by atoms with Crippen LogP contribution in [-0.2, 0) is 16.1 Å². The van der Waals surface area contributed by atoms with Gasteiger partial charge in [-0.05, 0) is 50.0 Å². The molecule has 2 fully saturated rings. The van der Waals surface area contributed by atoms with Crippen molar-refractivity contribution in [3.05, 3.63) is 34.9 Å². The van der Waals surface area contributed by atoms with Crippen molar-refractivity contribution in [3.8, 4) is 11.8 Å². The van der Waals surface area contributed by atoms with Crippen LogP contribution in [0.3, 0.4) is 0 Å². The Balaban J connectivity index is 0.00000210. The number of hydrogen-bond acceptors (Lipinski definition) is 4. The first-order chi connectivity index (χ1) is 12.6. The van der Waals surface area contributed by atoms with E-state index in [-0.39, 0.29) is 36.5 Å². The van der Waals surface area contributed by atoms with E-state index in [0.29, 0.717) is 24.4 Å². The summed E-state index contributed by atoms with van der Waals surface area (Å²) in [6.45, 7) is 2.36. The molecule has 0 bridgehead atoms. The second-order valence-electron chi connectivity index (χ2n) is 7.03. The molecule has 2 saturated heterocycles. The van der Waals surface area contributed by atoms with Crippen molar-refractivity contribution in [1.29, 1.82) is 0 Å². The monoisotopic (exact) mass is 387 g/mol. The molecular formula is C20H22ClN3O3. The molecule has 0 aliphatic carbocycles. The predicted octanol–water partition coefficient (Wildman–Crippen LogP) is 1.22. The molecule has 3 heterocycles. The van der Waals surface area contributed by atoms with Gasteiger partial charge in [0, 0.05) is 30.0 Å². The van der Waals surface area contributed by atoms with Gasteiger partial charge < -0.3 is 10.2 Å². The number of piperidine rings is 2. The van der Waals surface area contributed by atoms with Crippen molar-refractivity contribution < 1.29 is 14.4 Å². The predicted molar refractivity (Wildman–Crippen MR) is 102 cm³/mol. The van der Waals surface area contributed by atoms with Crippen LogP contribution >= 0.6 is 12.4 Å². The average Bonchev–Trinajstić information content (AvgIpc) is 2.98. The van der Waals surface area contributed by atoms with Crippen molar-refractivity contribution >= 4 is 30.1 Å². The summed E-state index contributed by atoms with van der Waals surface area (Å²) in [4.78, 5) is 37.9. The van der Waals surface area contributed by atoms with Gasteiger partial charge in [-0.1, -0.05) is 17.9 Å². The molecule has 1 aromatic carbocycles. The number of nitrogens with zero attached hydrogens (tertiary/aromatic N) is 1. The molecule has 2 N–H and O–H groups in total. The van der Waals surface area contributed by atoms with Gasteiger partial charge in [0.15, 0.2) is 0 Å². The lowest BCUT2D eigenvalue weighted by Gasteiger charge is -2.29. The van der Waals surface area contributed by atoms with E-state index in [1.165, 1.54) is 0 Å². The fourth-order valence-electron chi connectivity index (χ4n) is 3.85. The summed E-state index contributed by atoms with van der Waals surface area (Å²) in [6.07, 6.45) is 2.73. The van der Waals surface area contributed by atoms with E-state index in [1.54, 1.807) is 11.0 Å². The minimum Gasteiger partial charge on any atom is -0.322 e. The summed E-state index contributed by atoms with van der Waals surface area (Å²) in [6, 6.07) is 4.99. The topological polar surface area (TPSA) is 78.5 Å². The van der Waals surface area contributed by atoms with Gasteiger partial charge in [-0.2, -0.15) is 0 Å². The van der Waals surface area contributed by atoms with E-state index in [2.05, 4.69) is 22.5 Å². The van der Waals surface area contributed by atoms with Crippen molar-refractivity contribution in [2.75, 3.05) is 13.1 Å². The summed E-state index contributed by atoms with van der Waals surface area (Å²) < 4.78 is 0. The van der Waals surface area contributed by atoms with Gasteiger partial charge in [-0.15, -0.1) is 12.4 Å². The number of fused-ring (bicyclic) bond motifs is 1. The molecule has 1 aromatic rings. The maximum absolute atomic E-state index is 12.8. The van der Waals surface area contributed by atoms with Crippen LogP contribution in [0.15, 0.2) is 18.2 Å². The Morgan fingerprint density at radius 2 is 1.85 bits per heavy atom. The first kappa shape index (κ1) is 19.4. The number of rotatable bonds is 1. The van der Waals surface area contributed by atoms with Gasteiger partial charge in [0.25, 0.3) is 5.91 Å². The molecule has 3 aliphatic rings. The van der Waals surface area contributed by atoms with Gasteiger partial charge in [0.05, 0.1) is 0 Å². The van der Waals surface area contributed by atoms with Crippen molar-refractivity contribution in [1.82, 2.24) is 15.5 Å². The molecule has 6 nitrogen and oxygen atoms in total. The highest BCUT2D eigenvalue weighted by Crippen LogP contribution is 2.29. The van der Waals surface area contributed by atoms with E-state index in [9.17, 15) is 14.4 Å². The molecule has 3 aliphatic heterocycles. The minimum absolute atomic E-state index is 0. The Morgan fingerprint density at radius 1 is 1.07 bits per heavy atom. The molecule has 1 unspecified atom stereocenters. The second-order valence-corrected chi connectivity index (χ2v) is 7.03. The normalized spacial score (nSPS) is 22.4. The Kier molecular flexibility index (Phi) is 5.83. The summed E-state index contributed by atoms with van der Waals surface area (Å²) in [5.74, 6) is 6.19. The molecule has 27 heavy (non-hydrogen) atoms. The van der Waals surface area contributed by atoms with Crippen LogP contribution in [0.5, 0.6) is 0 Å². The van der Waals surface area contributed by atoms with Crippen molar-refractivity contribution in [3.63, 3.8) is 0 Å². The zero-order valence-corrected chi connectivity index (χ0v) is 15.7. The molecule has 4 rings (SSSR count). The fourth-order valence-corrected chi connectivity index (χ4v) is 3.85. The number of nitrogens with one attached hydrogen (secondary N) is 2. The molecule has 1 atom stereocenters. The van der Waals surface area contributed by atoms with Crippen LogP contribution < -0.4 is 10.6 Å². The summed E-state index contributed by atoms with van der Waals surface area (Å²) in [5.41, 5.74) is 2.37. The highest BCUT2D eigenvalue weighted by Gasteiger charge is 2.39. The van der Waals surface area contributed by atoms with Gasteiger partial charge in [0.1, 0.15) is 6.04 Å². The van der Waals surface area contributed by atoms with Crippen LogP contribution in [0.4, 0.5) is 0 Å². The van der Waals surface area contributed by atoms with E-state index < -0.39 is 6.04 Å². The molecule has 142 valence electrons. The van der Waals surface area contributed by atoms with Crippen LogP contribution in [0.1, 0.15) is 47.2 Å². The highest BCUT2D eigenvalue weighted by molar-refractivity contribution is 6.05. The van der Waals surface area contributed by atoms with E-state index in [4.69, 9.17) is 0 Å². The molecule has 0 saturated carbocycles. The maximum Gasteiger partial charge on any atom is 0.255 e. The van der Waals surface area contributed by atoms with Crippen LogP contribution in [0, 0.1) is 17.8 Å². The Labute approximate surface area is 164 Å². The number of hydrogen-bond donors (Lipinski definition) is 2. The van der Waals surface area contributed by atoms with Crippen LogP contribution in [0.2, 0.25) is 0 Å². The lowest BCUT2D eigenvalue weighted by molar-refractivity contribution is -0.136. The average molecular weight is 388 g/mol. The van der Waals surface area contributed by atoms with Gasteiger partial charge in [-0.25, -0.2) is 0 Å². The standard InChI is InChI=1S/C20H21N3O3.ClH/c24-18-7-6-17(19(25)22-18)23-12-16-14(2-1-3-15(16)20(23)26)5-4-13-8-10-21-11-9-13;/h1-3,13,17,21H,6-12H2,(H,22,24,25);1H. The highest BCUT2D eigenvalue weighted by atomic mass is 35.5. The van der Waals surface area contributed by atoms with Crippen LogP contribution in [0.25, 0.3) is 0 Å². The van der Waals surface area contributed by atoms with E-state index >= 15 is 0 Å². The second kappa shape index (κ2) is 8.12. The maximum atomic E-state index is 12.8. The Morgan fingerprint density at radius 3 is 2.59 bits per heavy atom. The zero-order chi connectivity index (χ0) is 18.1. The molecule has 7 heteroatoms.